The number of nitrogens with one attached hydrogen (secondary N) is 1. The van der Waals surface area contributed by atoms with Crippen molar-refractivity contribution in [1.29, 1.82) is 5.26 Å². The first-order chi connectivity index (χ1) is 10.6. The highest BCUT2D eigenvalue weighted by Crippen LogP contribution is 2.15. The largest absolute Gasteiger partial charge is 0.345 e. The van der Waals surface area contributed by atoms with Crippen molar-refractivity contribution in [3.63, 3.8) is 0 Å². The third-order valence-corrected chi connectivity index (χ3v) is 3.48. The summed E-state index contributed by atoms with van der Waals surface area (Å²) in [6.07, 6.45) is 4.75. The number of nitriles is 1. The number of benzene rings is 1. The molecule has 0 aliphatic heterocycles. The highest BCUT2D eigenvalue weighted by molar-refractivity contribution is 9.10. The van der Waals surface area contributed by atoms with Crippen LogP contribution in [-0.2, 0) is 4.79 Å². The molecule has 0 spiro atoms. The molecule has 1 aromatic heterocycles. The van der Waals surface area contributed by atoms with Crippen LogP contribution in [-0.4, -0.2) is 10.9 Å². The molecule has 4 nitrogen and oxygen atoms in total. The Labute approximate surface area is 150 Å². The number of rotatable bonds is 4. The number of hydrogen-bond donors (Lipinski definition) is 1. The molecule has 1 heterocycles. The molecule has 0 saturated heterocycles. The predicted octanol–water partition coefficient (Wildman–Crippen LogP) is 3.74. The maximum absolute atomic E-state index is 12.2. The van der Waals surface area contributed by atoms with Gasteiger partial charge in [0.2, 0.25) is 0 Å². The van der Waals surface area contributed by atoms with Crippen molar-refractivity contribution in [3.8, 4) is 6.07 Å². The molecule has 1 amide bonds. The van der Waals surface area contributed by atoms with E-state index in [1.54, 1.807) is 18.5 Å². The standard InChI is InChI=1S/C17H14BrN3O.H2S/c1-12(14-5-3-2-4-6-14)21-17(22)15(9-19)7-13-8-16(18)11-20-10-13;/h2-8,10-12H,1H3,(H,21,22);1H2/b15-7+;/t12-;/m0./s1. The molecule has 2 aromatic rings. The number of nitrogens with zero attached hydrogens (tertiary/aromatic N) is 2. The highest BCUT2D eigenvalue weighted by atomic mass is 79.9. The van der Waals surface area contributed by atoms with E-state index >= 15 is 0 Å². The number of halogens is 1. The summed E-state index contributed by atoms with van der Waals surface area (Å²) < 4.78 is 0.789. The van der Waals surface area contributed by atoms with E-state index in [0.717, 1.165) is 10.0 Å². The summed E-state index contributed by atoms with van der Waals surface area (Å²) in [7, 11) is 0. The molecule has 1 atom stereocenters. The van der Waals surface area contributed by atoms with Gasteiger partial charge < -0.3 is 5.32 Å². The second-order valence-electron chi connectivity index (χ2n) is 4.71. The van der Waals surface area contributed by atoms with E-state index in [4.69, 9.17) is 0 Å². The molecule has 0 aliphatic carbocycles. The SMILES string of the molecule is C[C@H](NC(=O)/C(C#N)=C/c1cncc(Br)c1)c1ccccc1.S. The number of amides is 1. The molecule has 0 aliphatic rings. The normalized spacial score (nSPS) is 11.8. The van der Waals surface area contributed by atoms with Crippen molar-refractivity contribution in [2.75, 3.05) is 0 Å². The number of hydrogen-bond acceptors (Lipinski definition) is 3. The molecular weight excluding hydrogens is 374 g/mol. The molecule has 0 saturated carbocycles. The fraction of sp³-hybridized carbons (Fsp3) is 0.118. The quantitative estimate of drug-likeness (QED) is 0.639. The Hall–Kier alpha value is -2.10. The molecular formula is C17H16BrN3OS. The summed E-state index contributed by atoms with van der Waals surface area (Å²) in [6.45, 7) is 1.88. The topological polar surface area (TPSA) is 65.8 Å². The Bertz CT molecular complexity index is 741. The van der Waals surface area contributed by atoms with Crippen molar-refractivity contribution >= 4 is 41.4 Å². The summed E-state index contributed by atoms with van der Waals surface area (Å²) in [5.41, 5.74) is 1.72. The van der Waals surface area contributed by atoms with E-state index in [9.17, 15) is 10.1 Å². The molecule has 0 bridgehead atoms. The van der Waals surface area contributed by atoms with Crippen LogP contribution < -0.4 is 5.32 Å². The highest BCUT2D eigenvalue weighted by Gasteiger charge is 2.13. The summed E-state index contributed by atoms with van der Waals surface area (Å²) >= 11 is 3.31. The Kier molecular flexibility index (Phi) is 7.52. The Morgan fingerprint density at radius 1 is 1.35 bits per heavy atom. The van der Waals surface area contributed by atoms with Crippen LogP contribution in [0.25, 0.3) is 6.08 Å². The maximum Gasteiger partial charge on any atom is 0.262 e. The van der Waals surface area contributed by atoms with Crippen molar-refractivity contribution in [2.24, 2.45) is 0 Å². The van der Waals surface area contributed by atoms with Crippen molar-refractivity contribution in [1.82, 2.24) is 10.3 Å². The zero-order valence-corrected chi connectivity index (χ0v) is 15.0. The maximum atomic E-state index is 12.2. The molecule has 0 fully saturated rings. The predicted molar refractivity (Wildman–Crippen MR) is 98.9 cm³/mol. The van der Waals surface area contributed by atoms with Crippen molar-refractivity contribution in [2.45, 2.75) is 13.0 Å². The third kappa shape index (κ3) is 5.55. The van der Waals surface area contributed by atoms with Gasteiger partial charge in [-0.1, -0.05) is 30.3 Å². The lowest BCUT2D eigenvalue weighted by Gasteiger charge is -2.13. The van der Waals surface area contributed by atoms with E-state index < -0.39 is 5.91 Å². The van der Waals surface area contributed by atoms with Gasteiger partial charge in [0.15, 0.2) is 0 Å². The fourth-order valence-electron chi connectivity index (χ4n) is 1.92. The molecule has 1 N–H and O–H groups in total. The Morgan fingerprint density at radius 2 is 2.04 bits per heavy atom. The summed E-state index contributed by atoms with van der Waals surface area (Å²) in [4.78, 5) is 16.2. The molecule has 0 radical (unpaired) electrons. The molecule has 118 valence electrons. The van der Waals surface area contributed by atoms with Crippen molar-refractivity contribution < 1.29 is 4.79 Å². The number of carbonyl (C=O) groups is 1. The number of pyridine rings is 1. The van der Waals surface area contributed by atoms with Gasteiger partial charge in [-0.25, -0.2) is 0 Å². The van der Waals surface area contributed by atoms with E-state index in [-0.39, 0.29) is 25.1 Å². The monoisotopic (exact) mass is 389 g/mol. The van der Waals surface area contributed by atoms with Gasteiger partial charge in [0.05, 0.1) is 6.04 Å². The summed E-state index contributed by atoms with van der Waals surface area (Å²) in [5.74, 6) is -0.404. The minimum absolute atomic E-state index is 0. The lowest BCUT2D eigenvalue weighted by Crippen LogP contribution is -2.27. The van der Waals surface area contributed by atoms with Gasteiger partial charge in [0.1, 0.15) is 11.6 Å². The van der Waals surface area contributed by atoms with Gasteiger partial charge in [-0.2, -0.15) is 18.8 Å². The van der Waals surface area contributed by atoms with Crippen LogP contribution in [0.4, 0.5) is 0 Å². The average molecular weight is 390 g/mol. The van der Waals surface area contributed by atoms with Gasteiger partial charge in [-0.15, -0.1) is 0 Å². The molecule has 23 heavy (non-hydrogen) atoms. The van der Waals surface area contributed by atoms with Crippen LogP contribution in [0.3, 0.4) is 0 Å². The van der Waals surface area contributed by atoms with Crippen LogP contribution in [0.15, 0.2) is 58.8 Å². The first kappa shape index (κ1) is 18.9. The minimum Gasteiger partial charge on any atom is -0.345 e. The first-order valence-corrected chi connectivity index (χ1v) is 7.47. The van der Waals surface area contributed by atoms with Gasteiger partial charge in [-0.05, 0) is 46.1 Å². The molecule has 1 aromatic carbocycles. The van der Waals surface area contributed by atoms with Gasteiger partial charge in [0, 0.05) is 16.9 Å². The van der Waals surface area contributed by atoms with Gasteiger partial charge in [0.25, 0.3) is 5.91 Å². The van der Waals surface area contributed by atoms with Crippen LogP contribution >= 0.6 is 29.4 Å². The van der Waals surface area contributed by atoms with E-state index in [1.807, 2.05) is 43.3 Å². The van der Waals surface area contributed by atoms with Crippen LogP contribution in [0.1, 0.15) is 24.1 Å². The first-order valence-electron chi connectivity index (χ1n) is 6.68. The van der Waals surface area contributed by atoms with Crippen LogP contribution in [0.2, 0.25) is 0 Å². The van der Waals surface area contributed by atoms with E-state index in [1.165, 1.54) is 6.08 Å². The fourth-order valence-corrected chi connectivity index (χ4v) is 2.30. The lowest BCUT2D eigenvalue weighted by molar-refractivity contribution is -0.117. The molecule has 2 rings (SSSR count). The zero-order valence-electron chi connectivity index (χ0n) is 12.5. The number of carbonyl (C=O) groups excluding carboxylic acids is 1. The summed E-state index contributed by atoms with van der Waals surface area (Å²) in [5, 5.41) is 12.0. The second kappa shape index (κ2) is 9.13. The number of aromatic nitrogens is 1. The van der Waals surface area contributed by atoms with Gasteiger partial charge in [-0.3, -0.25) is 9.78 Å². The van der Waals surface area contributed by atoms with Crippen molar-refractivity contribution in [3.05, 3.63) is 70.0 Å². The van der Waals surface area contributed by atoms with Crippen LogP contribution in [0.5, 0.6) is 0 Å². The van der Waals surface area contributed by atoms with Crippen LogP contribution in [0, 0.1) is 11.3 Å². The average Bonchev–Trinajstić information content (AvgIpc) is 2.53. The minimum atomic E-state index is -0.404. The Morgan fingerprint density at radius 3 is 2.65 bits per heavy atom. The lowest BCUT2D eigenvalue weighted by atomic mass is 10.1. The second-order valence-corrected chi connectivity index (χ2v) is 5.63. The zero-order chi connectivity index (χ0) is 15.9. The molecule has 6 heteroatoms. The Balaban J connectivity index is 0.00000264. The third-order valence-electron chi connectivity index (χ3n) is 3.05. The molecule has 0 unspecified atom stereocenters. The van der Waals surface area contributed by atoms with E-state index in [2.05, 4.69) is 26.2 Å². The smallest absolute Gasteiger partial charge is 0.262 e. The summed E-state index contributed by atoms with van der Waals surface area (Å²) in [6, 6.07) is 13.1. The van der Waals surface area contributed by atoms with E-state index in [0.29, 0.717) is 5.56 Å². The van der Waals surface area contributed by atoms with Gasteiger partial charge >= 0.3 is 0 Å².